The molecule has 0 radical (unpaired) electrons. The topological polar surface area (TPSA) is 71.0 Å². The van der Waals surface area contributed by atoms with Crippen molar-refractivity contribution in [3.8, 4) is 5.75 Å². The third kappa shape index (κ3) is 4.36. The molecule has 0 saturated carbocycles. The largest absolute Gasteiger partial charge is 0.573 e. The SMILES string of the molecule is CCCn1c(=O)c2c(ncn2Cc2ccc(OC(F)(F)F)cc2)n(CCC)c1=O. The molecule has 0 aliphatic heterocycles. The monoisotopic (exact) mass is 410 g/mol. The van der Waals surface area contributed by atoms with Crippen LogP contribution in [-0.4, -0.2) is 25.0 Å². The minimum atomic E-state index is -4.75. The van der Waals surface area contributed by atoms with Gasteiger partial charge in [-0.25, -0.2) is 9.78 Å². The van der Waals surface area contributed by atoms with Crippen molar-refractivity contribution in [1.29, 1.82) is 0 Å². The summed E-state index contributed by atoms with van der Waals surface area (Å²) in [4.78, 5) is 29.9. The lowest BCUT2D eigenvalue weighted by atomic mass is 10.2. The van der Waals surface area contributed by atoms with E-state index in [9.17, 15) is 22.8 Å². The molecule has 10 heteroatoms. The summed E-state index contributed by atoms with van der Waals surface area (Å²) < 4.78 is 45.1. The zero-order chi connectivity index (χ0) is 21.2. The van der Waals surface area contributed by atoms with Crippen LogP contribution in [0.5, 0.6) is 5.75 Å². The zero-order valence-corrected chi connectivity index (χ0v) is 16.1. The van der Waals surface area contributed by atoms with Gasteiger partial charge in [-0.2, -0.15) is 0 Å². The second kappa shape index (κ2) is 8.14. The van der Waals surface area contributed by atoms with Crippen LogP contribution in [-0.2, 0) is 19.6 Å². The average Bonchev–Trinajstić information content (AvgIpc) is 3.06. The summed E-state index contributed by atoms with van der Waals surface area (Å²) in [5, 5.41) is 0. The molecule has 0 spiro atoms. The van der Waals surface area contributed by atoms with Gasteiger partial charge >= 0.3 is 12.1 Å². The van der Waals surface area contributed by atoms with E-state index in [0.717, 1.165) is 0 Å². The first-order chi connectivity index (χ1) is 13.7. The average molecular weight is 410 g/mol. The molecule has 0 aliphatic carbocycles. The predicted molar refractivity (Wildman–Crippen MR) is 101 cm³/mol. The molecule has 156 valence electrons. The number of hydrogen-bond acceptors (Lipinski definition) is 4. The molecule has 1 aromatic carbocycles. The quantitative estimate of drug-likeness (QED) is 0.600. The van der Waals surface area contributed by atoms with E-state index in [4.69, 9.17) is 0 Å². The molecule has 0 aliphatic rings. The second-order valence-electron chi connectivity index (χ2n) is 6.63. The van der Waals surface area contributed by atoms with Crippen LogP contribution in [0.3, 0.4) is 0 Å². The molecule has 0 fully saturated rings. The summed E-state index contributed by atoms with van der Waals surface area (Å²) in [5.41, 5.74) is 0.459. The third-order valence-corrected chi connectivity index (χ3v) is 4.39. The molecular formula is C19H21F3N4O3. The summed E-state index contributed by atoms with van der Waals surface area (Å²) in [5.74, 6) is -0.321. The Morgan fingerprint density at radius 3 is 2.21 bits per heavy atom. The first-order valence-corrected chi connectivity index (χ1v) is 9.28. The van der Waals surface area contributed by atoms with Crippen molar-refractivity contribution in [2.45, 2.75) is 52.7 Å². The van der Waals surface area contributed by atoms with Crippen LogP contribution in [0.15, 0.2) is 40.2 Å². The smallest absolute Gasteiger partial charge is 0.406 e. The standard InChI is InChI=1S/C19H21F3N4O3/c1-3-9-25-16-15(17(27)26(10-4-2)18(25)28)24(12-23-16)11-13-5-7-14(8-6-13)29-19(20,21)22/h5-8,12H,3-4,9-11H2,1-2H3. The molecule has 0 N–H and O–H groups in total. The van der Waals surface area contributed by atoms with Crippen LogP contribution in [0.1, 0.15) is 32.3 Å². The number of halogens is 3. The third-order valence-electron chi connectivity index (χ3n) is 4.39. The predicted octanol–water partition coefficient (Wildman–Crippen LogP) is 3.13. The summed E-state index contributed by atoms with van der Waals surface area (Å²) in [6, 6.07) is 5.40. The van der Waals surface area contributed by atoms with Gasteiger partial charge in [-0.05, 0) is 30.5 Å². The number of benzene rings is 1. The lowest BCUT2D eigenvalue weighted by Crippen LogP contribution is -2.40. The Kier molecular flexibility index (Phi) is 5.81. The lowest BCUT2D eigenvalue weighted by Gasteiger charge is -2.12. The number of ether oxygens (including phenoxy) is 1. The number of imidazole rings is 1. The maximum atomic E-state index is 12.9. The van der Waals surface area contributed by atoms with Crippen molar-refractivity contribution < 1.29 is 17.9 Å². The van der Waals surface area contributed by atoms with E-state index in [2.05, 4.69) is 9.72 Å². The first-order valence-electron chi connectivity index (χ1n) is 9.28. The fraction of sp³-hybridized carbons (Fsp3) is 0.421. The van der Waals surface area contributed by atoms with E-state index in [0.29, 0.717) is 42.7 Å². The number of alkyl halides is 3. The molecule has 2 heterocycles. The van der Waals surface area contributed by atoms with E-state index < -0.39 is 11.9 Å². The normalized spacial score (nSPS) is 11.9. The number of hydrogen-bond donors (Lipinski definition) is 0. The summed E-state index contributed by atoms with van der Waals surface area (Å²) in [6.07, 6.45) is -1.96. The fourth-order valence-electron chi connectivity index (χ4n) is 3.20. The van der Waals surface area contributed by atoms with E-state index in [1.807, 2.05) is 13.8 Å². The van der Waals surface area contributed by atoms with E-state index in [1.165, 1.54) is 39.7 Å². The van der Waals surface area contributed by atoms with E-state index >= 15 is 0 Å². The van der Waals surface area contributed by atoms with Crippen molar-refractivity contribution in [3.63, 3.8) is 0 Å². The highest BCUT2D eigenvalue weighted by Gasteiger charge is 2.31. The Bertz CT molecular complexity index is 1110. The van der Waals surface area contributed by atoms with Gasteiger partial charge in [-0.15, -0.1) is 13.2 Å². The Morgan fingerprint density at radius 2 is 1.62 bits per heavy atom. The van der Waals surface area contributed by atoms with Gasteiger partial charge in [0, 0.05) is 19.6 Å². The van der Waals surface area contributed by atoms with Gasteiger partial charge in [0.15, 0.2) is 11.2 Å². The molecule has 0 unspecified atom stereocenters. The van der Waals surface area contributed by atoms with Crippen molar-refractivity contribution in [3.05, 3.63) is 57.0 Å². The summed E-state index contributed by atoms with van der Waals surface area (Å²) in [7, 11) is 0. The number of aromatic nitrogens is 4. The van der Waals surface area contributed by atoms with Gasteiger partial charge in [0.2, 0.25) is 0 Å². The van der Waals surface area contributed by atoms with Gasteiger partial charge in [-0.3, -0.25) is 13.9 Å². The van der Waals surface area contributed by atoms with Crippen LogP contribution in [0, 0.1) is 0 Å². The lowest BCUT2D eigenvalue weighted by molar-refractivity contribution is -0.274. The molecule has 0 amide bonds. The maximum Gasteiger partial charge on any atom is 0.573 e. The highest BCUT2D eigenvalue weighted by atomic mass is 19.4. The number of aryl methyl sites for hydroxylation is 1. The van der Waals surface area contributed by atoms with Crippen molar-refractivity contribution >= 4 is 11.2 Å². The molecule has 7 nitrogen and oxygen atoms in total. The molecule has 3 rings (SSSR count). The number of rotatable bonds is 7. The van der Waals surface area contributed by atoms with Crippen molar-refractivity contribution in [1.82, 2.24) is 18.7 Å². The van der Waals surface area contributed by atoms with Gasteiger partial charge < -0.3 is 9.30 Å². The minimum absolute atomic E-state index is 0.217. The Hall–Kier alpha value is -3.04. The van der Waals surface area contributed by atoms with Gasteiger partial charge in [-0.1, -0.05) is 26.0 Å². The minimum Gasteiger partial charge on any atom is -0.406 e. The Morgan fingerprint density at radius 1 is 1.00 bits per heavy atom. The van der Waals surface area contributed by atoms with E-state index in [-0.39, 0.29) is 18.0 Å². The molecular weight excluding hydrogens is 389 g/mol. The molecule has 29 heavy (non-hydrogen) atoms. The molecule has 0 bridgehead atoms. The van der Waals surface area contributed by atoms with Gasteiger partial charge in [0.1, 0.15) is 5.75 Å². The van der Waals surface area contributed by atoms with Crippen LogP contribution in [0.4, 0.5) is 13.2 Å². The zero-order valence-electron chi connectivity index (χ0n) is 16.1. The molecule has 2 aromatic heterocycles. The number of nitrogens with zero attached hydrogens (tertiary/aromatic N) is 4. The highest BCUT2D eigenvalue weighted by Crippen LogP contribution is 2.23. The van der Waals surface area contributed by atoms with Crippen LogP contribution in [0.25, 0.3) is 11.2 Å². The molecule has 0 atom stereocenters. The number of fused-ring (bicyclic) bond motifs is 1. The molecule has 3 aromatic rings. The first kappa shape index (κ1) is 20.7. The Balaban J connectivity index is 2.02. The van der Waals surface area contributed by atoms with Crippen LogP contribution >= 0.6 is 0 Å². The fourth-order valence-corrected chi connectivity index (χ4v) is 3.20. The van der Waals surface area contributed by atoms with Crippen LogP contribution in [0.2, 0.25) is 0 Å². The summed E-state index contributed by atoms with van der Waals surface area (Å²) in [6.45, 7) is 4.75. The summed E-state index contributed by atoms with van der Waals surface area (Å²) >= 11 is 0. The van der Waals surface area contributed by atoms with Gasteiger partial charge in [0.05, 0.1) is 6.33 Å². The van der Waals surface area contributed by atoms with Crippen molar-refractivity contribution in [2.24, 2.45) is 0 Å². The Labute approximate surface area is 164 Å². The van der Waals surface area contributed by atoms with E-state index in [1.54, 1.807) is 4.57 Å². The van der Waals surface area contributed by atoms with Crippen LogP contribution < -0.4 is 16.0 Å². The second-order valence-corrected chi connectivity index (χ2v) is 6.63. The van der Waals surface area contributed by atoms with Crippen molar-refractivity contribution in [2.75, 3.05) is 0 Å². The highest BCUT2D eigenvalue weighted by molar-refractivity contribution is 5.70. The maximum absolute atomic E-state index is 12.9. The van der Waals surface area contributed by atoms with Gasteiger partial charge in [0.25, 0.3) is 5.56 Å². The molecule has 0 saturated heterocycles.